The summed E-state index contributed by atoms with van der Waals surface area (Å²) in [5.74, 6) is 1.91. The molecule has 1 aliphatic rings. The van der Waals surface area contributed by atoms with Crippen molar-refractivity contribution < 1.29 is 26.4 Å². The van der Waals surface area contributed by atoms with Crippen molar-refractivity contribution in [1.29, 1.82) is 0 Å². The molecular formula is C55H58N2O6S2. The van der Waals surface area contributed by atoms with Crippen LogP contribution in [-0.4, -0.2) is 22.7 Å². The Labute approximate surface area is 384 Å². The van der Waals surface area contributed by atoms with Gasteiger partial charge < -0.3 is 10.1 Å². The maximum Gasteiger partial charge on any atom is 0.254 e. The Bertz CT molecular complexity index is 3130. The number of ether oxygens (including phenoxy) is 1. The number of carbonyl (C=O) groups excluding carboxylic acids is 1. The number of carbonyl (C=O) groups is 1. The maximum absolute atomic E-state index is 14.5. The van der Waals surface area contributed by atoms with Crippen LogP contribution in [-0.2, 0) is 31.3 Å². The summed E-state index contributed by atoms with van der Waals surface area (Å²) in [7, 11) is -9.34. The first-order valence-corrected chi connectivity index (χ1v) is 25.1. The molecule has 0 atom stereocenters. The van der Waals surface area contributed by atoms with Crippen molar-refractivity contribution in [2.45, 2.75) is 102 Å². The van der Waals surface area contributed by atoms with Crippen LogP contribution in [0.4, 0.5) is 5.69 Å². The number of nitrogens with one attached hydrogen (secondary N) is 2. The monoisotopic (exact) mass is 906 g/mol. The zero-order valence-electron chi connectivity index (χ0n) is 38.6. The summed E-state index contributed by atoms with van der Waals surface area (Å²) in [6, 6.07) is 36.7. The number of rotatable bonds is 14. The zero-order chi connectivity index (χ0) is 47.0. The van der Waals surface area contributed by atoms with E-state index in [2.05, 4.69) is 116 Å². The average Bonchev–Trinajstić information content (AvgIpc) is 3.25. The lowest BCUT2D eigenvalue weighted by Crippen LogP contribution is -2.31. The Hall–Kier alpha value is -6.07. The minimum Gasteiger partial charge on any atom is -0.456 e. The van der Waals surface area contributed by atoms with Gasteiger partial charge in [-0.25, -0.2) is 16.8 Å². The second-order valence-corrected chi connectivity index (χ2v) is 21.7. The van der Waals surface area contributed by atoms with E-state index in [9.17, 15) is 21.6 Å². The van der Waals surface area contributed by atoms with Crippen molar-refractivity contribution in [2.75, 3.05) is 5.32 Å². The topological polar surface area (TPSA) is 119 Å². The van der Waals surface area contributed by atoms with E-state index in [0.29, 0.717) is 69.2 Å². The molecule has 0 aliphatic carbocycles. The smallest absolute Gasteiger partial charge is 0.254 e. The standard InChI is InChI=1S/C55H58N2O6S2/c1-33(2)42-16-13-17-43(34(3)4)49(42)29-38-21-27-46-51(31-38)63-52-32-39(30-50-44(35(5)6)18-14-19-45(50)36(7)8)22-28-47(52)54(46)48-15-11-12-20-53(48)65(61,62)57-64(59,60)41-25-23-40(24-26-41)56-55(58)37(9)10/h11-29,31-36,57H,9,30H2,1-8,10H3,(H,56,58)/b38-29+. The first-order chi connectivity index (χ1) is 30.7. The molecule has 0 saturated heterocycles. The van der Waals surface area contributed by atoms with Crippen molar-refractivity contribution in [3.05, 3.63) is 194 Å². The van der Waals surface area contributed by atoms with Gasteiger partial charge in [-0.1, -0.05) is 135 Å². The highest BCUT2D eigenvalue weighted by molar-refractivity contribution is 8.04. The largest absolute Gasteiger partial charge is 0.456 e. The molecule has 0 saturated carbocycles. The molecule has 6 aromatic carbocycles. The molecule has 7 rings (SSSR count). The van der Waals surface area contributed by atoms with Crippen LogP contribution in [0.25, 0.3) is 11.6 Å². The van der Waals surface area contributed by atoms with Crippen LogP contribution in [0.1, 0.15) is 136 Å². The second-order valence-electron chi connectivity index (χ2n) is 18.1. The van der Waals surface area contributed by atoms with Gasteiger partial charge >= 0.3 is 0 Å². The van der Waals surface area contributed by atoms with Crippen LogP contribution >= 0.6 is 0 Å². The highest BCUT2D eigenvalue weighted by atomic mass is 32.3. The van der Waals surface area contributed by atoms with Gasteiger partial charge in [-0.05, 0) is 136 Å². The highest BCUT2D eigenvalue weighted by Crippen LogP contribution is 2.40. The van der Waals surface area contributed by atoms with E-state index >= 15 is 0 Å². The maximum atomic E-state index is 14.5. The fraction of sp³-hybridized carbons (Fsp3) is 0.255. The van der Waals surface area contributed by atoms with Crippen molar-refractivity contribution in [2.24, 2.45) is 0 Å². The summed E-state index contributed by atoms with van der Waals surface area (Å²) in [4.78, 5) is 11.6. The molecule has 8 nitrogen and oxygen atoms in total. The summed E-state index contributed by atoms with van der Waals surface area (Å²) in [6.45, 7) is 22.8. The summed E-state index contributed by atoms with van der Waals surface area (Å²) in [5.41, 5.74) is 10.7. The first kappa shape index (κ1) is 46.9. The van der Waals surface area contributed by atoms with E-state index in [-0.39, 0.29) is 15.4 Å². The average molecular weight is 907 g/mol. The van der Waals surface area contributed by atoms with Crippen molar-refractivity contribution in [1.82, 2.24) is 4.13 Å². The fourth-order valence-electron chi connectivity index (χ4n) is 8.60. The summed E-state index contributed by atoms with van der Waals surface area (Å²) in [5, 5.41) is 4.21. The molecule has 0 fully saturated rings. The molecule has 1 aliphatic heterocycles. The minimum absolute atomic E-state index is 0.220. The lowest BCUT2D eigenvalue weighted by molar-refractivity contribution is -0.112. The van der Waals surface area contributed by atoms with Gasteiger partial charge in [0.05, 0.1) is 9.79 Å². The molecular weight excluding hydrogens is 849 g/mol. The van der Waals surface area contributed by atoms with Gasteiger partial charge in [-0.2, -0.15) is 0 Å². The van der Waals surface area contributed by atoms with E-state index in [1.165, 1.54) is 63.7 Å². The minimum atomic E-state index is -4.73. The number of hydrogen-bond donors (Lipinski definition) is 2. The molecule has 0 radical (unpaired) electrons. The molecule has 65 heavy (non-hydrogen) atoms. The third-order valence-corrected chi connectivity index (χ3v) is 15.5. The molecule has 0 unspecified atom stereocenters. The number of sulfonamides is 2. The second kappa shape index (κ2) is 18.8. The van der Waals surface area contributed by atoms with E-state index < -0.39 is 26.0 Å². The van der Waals surface area contributed by atoms with Crippen molar-refractivity contribution in [3.8, 4) is 11.5 Å². The number of anilines is 1. The Morgan fingerprint density at radius 2 is 1.22 bits per heavy atom. The third kappa shape index (κ3) is 9.95. The Kier molecular flexibility index (Phi) is 13.6. The molecule has 0 aromatic heterocycles. The number of hydrogen-bond acceptors (Lipinski definition) is 6. The summed E-state index contributed by atoms with van der Waals surface area (Å²) in [6.07, 6.45) is 2.87. The first-order valence-electron chi connectivity index (χ1n) is 22.1. The van der Waals surface area contributed by atoms with Gasteiger partial charge in [0.15, 0.2) is 0 Å². The van der Waals surface area contributed by atoms with Crippen LogP contribution in [0.15, 0.2) is 143 Å². The van der Waals surface area contributed by atoms with Gasteiger partial charge in [-0.15, -0.1) is 4.13 Å². The molecule has 10 heteroatoms. The normalized spacial score (nSPS) is 13.0. The molecule has 1 amide bonds. The molecule has 0 bridgehead atoms. The van der Waals surface area contributed by atoms with Crippen molar-refractivity contribution in [3.63, 3.8) is 0 Å². The van der Waals surface area contributed by atoms with E-state index in [1.54, 1.807) is 25.1 Å². The number of amides is 1. The number of benzene rings is 6. The number of fused-ring (bicyclic) bond motifs is 2. The van der Waals surface area contributed by atoms with Crippen LogP contribution in [0.5, 0.6) is 11.5 Å². The van der Waals surface area contributed by atoms with Gasteiger partial charge in [-0.3, -0.25) is 4.79 Å². The van der Waals surface area contributed by atoms with Crippen LogP contribution in [0.2, 0.25) is 0 Å². The molecule has 6 aromatic rings. The van der Waals surface area contributed by atoms with Gasteiger partial charge in [0.1, 0.15) is 11.5 Å². The highest BCUT2D eigenvalue weighted by Gasteiger charge is 2.31. The van der Waals surface area contributed by atoms with Crippen LogP contribution < -0.4 is 24.6 Å². The predicted octanol–water partition coefficient (Wildman–Crippen LogP) is 11.1. The Morgan fingerprint density at radius 1 is 0.631 bits per heavy atom. The van der Waals surface area contributed by atoms with E-state index in [1.807, 2.05) is 34.5 Å². The van der Waals surface area contributed by atoms with Crippen molar-refractivity contribution >= 4 is 43.3 Å². The van der Waals surface area contributed by atoms with Gasteiger partial charge in [0.2, 0.25) is 0 Å². The Balaban J connectivity index is 1.39. The summed E-state index contributed by atoms with van der Waals surface area (Å²) < 4.78 is 65.3. The lowest BCUT2D eigenvalue weighted by atomic mass is 9.85. The molecule has 2 N–H and O–H groups in total. The Morgan fingerprint density at radius 3 is 1.80 bits per heavy atom. The van der Waals surface area contributed by atoms with Crippen LogP contribution in [0, 0.1) is 0 Å². The van der Waals surface area contributed by atoms with Gasteiger partial charge in [0, 0.05) is 33.2 Å². The SMILES string of the molecule is C=C(C)C(=O)Nc1ccc(S(=O)(=O)NS(=O)(=O)c2ccccc2C2=c3cc/c(=C\c4c(C(C)C)cccc4C(C)C)cc3Oc3cc(Cc4c(C(C)C)cccc4C(C)C)ccc32)cc1. The lowest BCUT2D eigenvalue weighted by Gasteiger charge is -2.24. The zero-order valence-corrected chi connectivity index (χ0v) is 40.2. The van der Waals surface area contributed by atoms with Gasteiger partial charge in [0.25, 0.3) is 26.0 Å². The van der Waals surface area contributed by atoms with E-state index in [4.69, 9.17) is 4.74 Å². The third-order valence-electron chi connectivity index (χ3n) is 11.9. The molecule has 1 heterocycles. The molecule has 336 valence electrons. The van der Waals surface area contributed by atoms with Crippen LogP contribution in [0.3, 0.4) is 0 Å². The van der Waals surface area contributed by atoms with E-state index in [0.717, 1.165) is 10.8 Å². The fourth-order valence-corrected chi connectivity index (χ4v) is 11.7. The predicted molar refractivity (Wildman–Crippen MR) is 263 cm³/mol. The quantitative estimate of drug-likeness (QED) is 0.105. The summed E-state index contributed by atoms with van der Waals surface area (Å²) >= 11 is 0. The molecule has 0 spiro atoms.